The number of carbonyl (C=O) groups excluding carboxylic acids is 8. The van der Waals surface area contributed by atoms with Crippen molar-refractivity contribution in [3.63, 3.8) is 0 Å². The maximum absolute atomic E-state index is 13.9. The number of carbonyl (C=O) groups is 8. The topological polar surface area (TPSA) is 498 Å². The Hall–Kier alpha value is -6.60. The maximum atomic E-state index is 13.9. The summed E-state index contributed by atoms with van der Waals surface area (Å²) in [6, 6.07) is -2.96. The van der Waals surface area contributed by atoms with Gasteiger partial charge in [0.05, 0.1) is 90.7 Å². The standard InChI is InChI=1S/C49H92N16O14/c1-34(66)63-39(11-6-20-61-49(56)57)42(70)32-35(8-3-17-58-46(50)51)45(73)65-38(10-5-19-60-48(54)55)41(69)14-16-43(71)62-33-36(67)13-15-44(72)64-37(9-4-18-59-47(52)53)40(68)12-7-21-75-24-25-77-28-29-79-31-30-78-27-26-76-23-22-74-2/h35,37-39H,3-33H2,1-2H3,(H,62,71)(H,63,66)(H,64,72)(H,65,73)(H4,50,51,58)(H4,52,53,59)(H4,54,55,60)(H4,56,57,61)/t35-,37?,38?,39?/m0/s1. The summed E-state index contributed by atoms with van der Waals surface area (Å²) in [6.45, 7) is 6.05. The van der Waals surface area contributed by atoms with Crippen LogP contribution < -0.4 is 67.1 Å². The van der Waals surface area contributed by atoms with Gasteiger partial charge in [0, 0.05) is 91.3 Å². The van der Waals surface area contributed by atoms with Crippen LogP contribution in [0.3, 0.4) is 0 Å². The second-order valence-corrected chi connectivity index (χ2v) is 18.0. The minimum Gasteiger partial charge on any atom is -0.382 e. The van der Waals surface area contributed by atoms with Crippen molar-refractivity contribution < 1.29 is 66.8 Å². The number of nitrogens with one attached hydrogen (secondary N) is 4. The summed E-state index contributed by atoms with van der Waals surface area (Å²) >= 11 is 0. The number of aliphatic imine (C=N–C) groups is 4. The van der Waals surface area contributed by atoms with Crippen LogP contribution in [-0.2, 0) is 66.8 Å². The molecule has 30 nitrogen and oxygen atoms in total. The number of ketones is 4. The summed E-state index contributed by atoms with van der Waals surface area (Å²) in [5, 5.41) is 10.5. The van der Waals surface area contributed by atoms with E-state index in [0.717, 1.165) is 0 Å². The number of hydrogen-bond donors (Lipinski definition) is 12. The molecule has 0 spiro atoms. The van der Waals surface area contributed by atoms with Gasteiger partial charge in [-0.15, -0.1) is 0 Å². The van der Waals surface area contributed by atoms with Crippen molar-refractivity contribution in [3.05, 3.63) is 0 Å². The van der Waals surface area contributed by atoms with Gasteiger partial charge in [-0.25, -0.2) is 0 Å². The quantitative estimate of drug-likeness (QED) is 0.0158. The number of rotatable bonds is 52. The average Bonchev–Trinajstić information content (AvgIpc) is 3.39. The summed E-state index contributed by atoms with van der Waals surface area (Å²) in [6.07, 6.45) is 0.829. The van der Waals surface area contributed by atoms with Crippen molar-refractivity contribution in [2.75, 3.05) is 113 Å². The summed E-state index contributed by atoms with van der Waals surface area (Å²) < 4.78 is 32.2. The Morgan fingerprint density at radius 3 is 1.25 bits per heavy atom. The number of hydrogen-bond acceptors (Lipinski definition) is 18. The number of ether oxygens (including phenoxy) is 6. The molecule has 30 heteroatoms. The zero-order chi connectivity index (χ0) is 59.1. The fourth-order valence-corrected chi connectivity index (χ4v) is 7.19. The van der Waals surface area contributed by atoms with Gasteiger partial charge in [0.1, 0.15) is 0 Å². The largest absolute Gasteiger partial charge is 0.382 e. The summed E-state index contributed by atoms with van der Waals surface area (Å²) in [7, 11) is 1.61. The Kier molecular flexibility index (Phi) is 43.4. The molecule has 4 atom stereocenters. The predicted molar refractivity (Wildman–Crippen MR) is 296 cm³/mol. The Morgan fingerprint density at radius 1 is 0.418 bits per heavy atom. The molecule has 0 aliphatic rings. The first-order valence-corrected chi connectivity index (χ1v) is 26.6. The second kappa shape index (κ2) is 47.4. The molecule has 4 amide bonds. The first-order valence-electron chi connectivity index (χ1n) is 26.6. The van der Waals surface area contributed by atoms with Crippen LogP contribution in [0.25, 0.3) is 0 Å². The molecule has 0 rings (SSSR count). The van der Waals surface area contributed by atoms with Crippen LogP contribution in [0.4, 0.5) is 0 Å². The molecule has 3 unspecified atom stereocenters. The van der Waals surface area contributed by atoms with E-state index in [0.29, 0.717) is 85.3 Å². The third kappa shape index (κ3) is 44.0. The molecule has 0 saturated heterocycles. The van der Waals surface area contributed by atoms with E-state index < -0.39 is 71.6 Å². The monoisotopic (exact) mass is 1130 g/mol. The van der Waals surface area contributed by atoms with E-state index in [1.807, 2.05) is 0 Å². The van der Waals surface area contributed by atoms with Crippen LogP contribution in [0.1, 0.15) is 103 Å². The van der Waals surface area contributed by atoms with Gasteiger partial charge in [-0.05, 0) is 57.8 Å². The number of methoxy groups -OCH3 is 1. The molecule has 0 aromatic rings. The van der Waals surface area contributed by atoms with E-state index in [9.17, 15) is 38.4 Å². The normalized spacial score (nSPS) is 12.4. The predicted octanol–water partition coefficient (Wildman–Crippen LogP) is -3.86. The number of amides is 4. The van der Waals surface area contributed by atoms with Crippen molar-refractivity contribution in [2.45, 2.75) is 121 Å². The van der Waals surface area contributed by atoms with Crippen LogP contribution >= 0.6 is 0 Å². The fraction of sp³-hybridized carbons (Fsp3) is 0.755. The van der Waals surface area contributed by atoms with Crippen molar-refractivity contribution >= 4 is 70.6 Å². The fourth-order valence-electron chi connectivity index (χ4n) is 7.19. The zero-order valence-corrected chi connectivity index (χ0v) is 46.4. The van der Waals surface area contributed by atoms with E-state index in [4.69, 9.17) is 74.3 Å². The van der Waals surface area contributed by atoms with Crippen molar-refractivity contribution in [3.8, 4) is 0 Å². The molecule has 0 radical (unpaired) electrons. The molecule has 0 bridgehead atoms. The van der Waals surface area contributed by atoms with Gasteiger partial charge in [-0.1, -0.05) is 0 Å². The number of Topliss-reactive ketones (excluding diaryl/α,β-unsaturated/α-hetero) is 4. The van der Waals surface area contributed by atoms with Gasteiger partial charge in [-0.3, -0.25) is 58.3 Å². The number of nitrogens with zero attached hydrogens (tertiary/aromatic N) is 4. The zero-order valence-electron chi connectivity index (χ0n) is 46.4. The Bertz CT molecular complexity index is 1910. The van der Waals surface area contributed by atoms with Crippen molar-refractivity contribution in [2.24, 2.45) is 71.8 Å². The lowest BCUT2D eigenvalue weighted by molar-refractivity contribution is -0.134. The highest BCUT2D eigenvalue weighted by atomic mass is 16.6. The summed E-state index contributed by atoms with van der Waals surface area (Å²) in [5.41, 5.74) is 43.5. The first-order chi connectivity index (χ1) is 37.7. The van der Waals surface area contributed by atoms with E-state index >= 15 is 0 Å². The Labute approximate surface area is 463 Å². The van der Waals surface area contributed by atoms with Crippen LogP contribution in [0.15, 0.2) is 20.0 Å². The lowest BCUT2D eigenvalue weighted by atomic mass is 9.91. The van der Waals surface area contributed by atoms with Gasteiger partial charge < -0.3 is 95.6 Å². The molecule has 0 aromatic carbocycles. The van der Waals surface area contributed by atoms with Crippen molar-refractivity contribution in [1.29, 1.82) is 0 Å². The van der Waals surface area contributed by atoms with Crippen LogP contribution in [0.2, 0.25) is 0 Å². The van der Waals surface area contributed by atoms with Crippen LogP contribution in [-0.4, -0.2) is 201 Å². The first kappa shape index (κ1) is 72.4. The minimum atomic E-state index is -1.13. The van der Waals surface area contributed by atoms with Gasteiger partial charge in [0.2, 0.25) is 23.6 Å². The molecule has 0 aromatic heterocycles. The Morgan fingerprint density at radius 2 is 0.810 bits per heavy atom. The minimum absolute atomic E-state index is 0.0639. The van der Waals surface area contributed by atoms with Gasteiger partial charge >= 0.3 is 0 Å². The molecule has 0 aliphatic carbocycles. The smallest absolute Gasteiger partial charge is 0.224 e. The lowest BCUT2D eigenvalue weighted by Crippen LogP contribution is -2.46. The number of guanidine groups is 4. The highest BCUT2D eigenvalue weighted by Crippen LogP contribution is 2.18. The molecule has 452 valence electrons. The van der Waals surface area contributed by atoms with Gasteiger partial charge in [0.25, 0.3) is 0 Å². The molecule has 79 heavy (non-hydrogen) atoms. The molecule has 0 saturated carbocycles. The highest BCUT2D eigenvalue weighted by Gasteiger charge is 2.30. The second-order valence-electron chi connectivity index (χ2n) is 18.0. The molecule has 20 N–H and O–H groups in total. The Balaban J connectivity index is 5.29. The third-order valence-corrected chi connectivity index (χ3v) is 11.2. The van der Waals surface area contributed by atoms with Crippen molar-refractivity contribution in [1.82, 2.24) is 21.3 Å². The van der Waals surface area contributed by atoms with E-state index in [1.165, 1.54) is 6.92 Å². The molecular formula is C49H92N16O14. The average molecular weight is 1130 g/mol. The maximum Gasteiger partial charge on any atom is 0.224 e. The van der Waals surface area contributed by atoms with Gasteiger partial charge in [-0.2, -0.15) is 0 Å². The molecule has 0 aliphatic heterocycles. The number of nitrogens with two attached hydrogens (primary N) is 8. The molecular weight excluding hydrogens is 1040 g/mol. The molecule has 0 fully saturated rings. The summed E-state index contributed by atoms with van der Waals surface area (Å²) in [5.74, 6) is -5.58. The van der Waals surface area contributed by atoms with E-state index in [2.05, 4.69) is 41.2 Å². The van der Waals surface area contributed by atoms with Crippen LogP contribution in [0, 0.1) is 5.92 Å². The SMILES string of the molecule is COCCOCCOCCOCCOCCOCCCC(=O)C(CCCN=C(N)N)NC(=O)CCC(=O)CNC(=O)CCC(=O)C(CCCN=C(N)N)NC(=O)[C@@H](CCCN=C(N)N)CC(=O)C(CCCN=C(N)N)NC(C)=O. The van der Waals surface area contributed by atoms with Gasteiger partial charge in [0.15, 0.2) is 47.0 Å². The van der Waals surface area contributed by atoms with E-state index in [-0.39, 0.29) is 139 Å². The lowest BCUT2D eigenvalue weighted by Gasteiger charge is -2.24. The third-order valence-electron chi connectivity index (χ3n) is 11.2. The summed E-state index contributed by atoms with van der Waals surface area (Å²) in [4.78, 5) is 121. The molecule has 0 heterocycles. The highest BCUT2D eigenvalue weighted by molar-refractivity contribution is 5.96. The van der Waals surface area contributed by atoms with Crippen LogP contribution in [0.5, 0.6) is 0 Å². The van der Waals surface area contributed by atoms with E-state index in [1.54, 1.807) is 7.11 Å².